The monoisotopic (exact) mass is 352 g/mol. The fourth-order valence-corrected chi connectivity index (χ4v) is 3.36. The minimum absolute atomic E-state index is 0.711. The molecule has 0 fully saturated rings. The van der Waals surface area contributed by atoms with Gasteiger partial charge in [0, 0.05) is 11.4 Å². The smallest absolute Gasteiger partial charge is 0.187 e. The SMILES string of the molecule is Clc1cccc(C=Cc2nn3c(Cc4ccccc4)nnc3s2)c1. The average Bonchev–Trinajstić information content (AvgIpc) is 3.16. The third-order valence-corrected chi connectivity index (χ3v) is 4.64. The van der Waals surface area contributed by atoms with Gasteiger partial charge in [-0.25, -0.2) is 0 Å². The third kappa shape index (κ3) is 3.22. The lowest BCUT2D eigenvalue weighted by atomic mass is 10.1. The lowest BCUT2D eigenvalue weighted by molar-refractivity contribution is 0.848. The molecule has 4 aromatic rings. The molecule has 0 atom stereocenters. The molecule has 4 rings (SSSR count). The highest BCUT2D eigenvalue weighted by atomic mass is 35.5. The van der Waals surface area contributed by atoms with Crippen molar-refractivity contribution < 1.29 is 0 Å². The Morgan fingerprint density at radius 1 is 1.00 bits per heavy atom. The first-order valence-corrected chi connectivity index (χ1v) is 8.66. The van der Waals surface area contributed by atoms with Crippen molar-refractivity contribution in [3.63, 3.8) is 0 Å². The number of hydrogen-bond acceptors (Lipinski definition) is 4. The first-order valence-electron chi connectivity index (χ1n) is 7.47. The lowest BCUT2D eigenvalue weighted by Crippen LogP contribution is -1.97. The van der Waals surface area contributed by atoms with Gasteiger partial charge in [-0.3, -0.25) is 0 Å². The Hall–Kier alpha value is -2.50. The van der Waals surface area contributed by atoms with Crippen LogP contribution in [0.4, 0.5) is 0 Å². The van der Waals surface area contributed by atoms with Gasteiger partial charge >= 0.3 is 0 Å². The van der Waals surface area contributed by atoms with E-state index in [0.717, 1.165) is 26.4 Å². The molecule has 118 valence electrons. The third-order valence-electron chi connectivity index (χ3n) is 3.54. The minimum atomic E-state index is 0.711. The Kier molecular flexibility index (Phi) is 4.11. The molecule has 2 aromatic heterocycles. The van der Waals surface area contributed by atoms with Crippen LogP contribution in [0, 0.1) is 0 Å². The second-order valence-corrected chi connectivity index (χ2v) is 6.73. The van der Waals surface area contributed by atoms with Crippen molar-refractivity contribution in [3.05, 3.63) is 81.6 Å². The number of aromatic nitrogens is 4. The molecule has 0 bridgehead atoms. The van der Waals surface area contributed by atoms with Gasteiger partial charge in [-0.2, -0.15) is 9.61 Å². The average molecular weight is 353 g/mol. The van der Waals surface area contributed by atoms with Gasteiger partial charge in [0.05, 0.1) is 0 Å². The van der Waals surface area contributed by atoms with Crippen molar-refractivity contribution in [2.75, 3.05) is 0 Å². The molecule has 6 heteroatoms. The van der Waals surface area contributed by atoms with Crippen molar-refractivity contribution in [1.82, 2.24) is 19.8 Å². The molecular weight excluding hydrogens is 340 g/mol. The van der Waals surface area contributed by atoms with E-state index in [1.165, 1.54) is 16.9 Å². The molecule has 0 spiro atoms. The summed E-state index contributed by atoms with van der Waals surface area (Å²) in [5.41, 5.74) is 2.23. The molecule has 4 nitrogen and oxygen atoms in total. The van der Waals surface area contributed by atoms with E-state index in [4.69, 9.17) is 11.6 Å². The summed E-state index contributed by atoms with van der Waals surface area (Å²) in [6.07, 6.45) is 4.68. The van der Waals surface area contributed by atoms with Gasteiger partial charge < -0.3 is 0 Å². The van der Waals surface area contributed by atoms with E-state index in [-0.39, 0.29) is 0 Å². The number of nitrogens with zero attached hydrogens (tertiary/aromatic N) is 4. The van der Waals surface area contributed by atoms with Crippen molar-refractivity contribution in [1.29, 1.82) is 0 Å². The van der Waals surface area contributed by atoms with Crippen LogP contribution in [0.1, 0.15) is 22.0 Å². The van der Waals surface area contributed by atoms with Crippen LogP contribution in [0.5, 0.6) is 0 Å². The van der Waals surface area contributed by atoms with Crippen molar-refractivity contribution in [3.8, 4) is 0 Å². The Labute approximate surface area is 148 Å². The first-order chi connectivity index (χ1) is 11.8. The largest absolute Gasteiger partial charge is 0.234 e. The Balaban J connectivity index is 1.60. The lowest BCUT2D eigenvalue weighted by Gasteiger charge is -1.97. The highest BCUT2D eigenvalue weighted by Gasteiger charge is 2.10. The summed E-state index contributed by atoms with van der Waals surface area (Å²) in [4.78, 5) is 0.798. The summed E-state index contributed by atoms with van der Waals surface area (Å²) in [6.45, 7) is 0. The second kappa shape index (κ2) is 6.55. The van der Waals surface area contributed by atoms with Gasteiger partial charge in [-0.1, -0.05) is 71.5 Å². The number of fused-ring (bicyclic) bond motifs is 1. The number of halogens is 1. The molecule has 0 unspecified atom stereocenters. The van der Waals surface area contributed by atoms with E-state index >= 15 is 0 Å². The predicted molar refractivity (Wildman–Crippen MR) is 98.3 cm³/mol. The fraction of sp³-hybridized carbons (Fsp3) is 0.0556. The summed E-state index contributed by atoms with van der Waals surface area (Å²) < 4.78 is 1.81. The van der Waals surface area contributed by atoms with Crippen molar-refractivity contribution >= 4 is 40.1 Å². The normalized spacial score (nSPS) is 11.5. The number of benzene rings is 2. The zero-order chi connectivity index (χ0) is 16.4. The quantitative estimate of drug-likeness (QED) is 0.539. The summed E-state index contributed by atoms with van der Waals surface area (Å²) in [5, 5.41) is 14.7. The molecule has 0 aliphatic carbocycles. The maximum Gasteiger partial charge on any atom is 0.234 e. The van der Waals surface area contributed by atoms with Crippen molar-refractivity contribution in [2.45, 2.75) is 6.42 Å². The van der Waals surface area contributed by atoms with E-state index in [1.807, 2.05) is 59.1 Å². The van der Waals surface area contributed by atoms with E-state index in [0.29, 0.717) is 6.42 Å². The molecular formula is C18H13ClN4S. The van der Waals surface area contributed by atoms with Gasteiger partial charge in [-0.05, 0) is 29.3 Å². The topological polar surface area (TPSA) is 43.1 Å². The maximum atomic E-state index is 6.00. The Morgan fingerprint density at radius 2 is 1.88 bits per heavy atom. The summed E-state index contributed by atoms with van der Waals surface area (Å²) in [6, 6.07) is 17.9. The second-order valence-electron chi connectivity index (χ2n) is 5.30. The van der Waals surface area contributed by atoms with Crippen LogP contribution in [-0.4, -0.2) is 19.8 Å². The molecule has 0 amide bonds. The van der Waals surface area contributed by atoms with Crippen LogP contribution in [0.3, 0.4) is 0 Å². The van der Waals surface area contributed by atoms with Crippen LogP contribution in [-0.2, 0) is 6.42 Å². The van der Waals surface area contributed by atoms with Crippen LogP contribution < -0.4 is 0 Å². The zero-order valence-electron chi connectivity index (χ0n) is 12.6. The molecule has 0 radical (unpaired) electrons. The minimum Gasteiger partial charge on any atom is -0.187 e. The van der Waals surface area contributed by atoms with Gasteiger partial charge in [0.1, 0.15) is 5.01 Å². The molecule has 2 heterocycles. The van der Waals surface area contributed by atoms with Crippen LogP contribution in [0.2, 0.25) is 5.02 Å². The van der Waals surface area contributed by atoms with Gasteiger partial charge in [-0.15, -0.1) is 10.2 Å². The number of rotatable bonds is 4. The number of hydrogen-bond donors (Lipinski definition) is 0. The molecule has 24 heavy (non-hydrogen) atoms. The van der Waals surface area contributed by atoms with Crippen LogP contribution >= 0.6 is 22.9 Å². The predicted octanol–water partition coefficient (Wildman–Crippen LogP) is 4.60. The highest BCUT2D eigenvalue weighted by molar-refractivity contribution is 7.17. The van der Waals surface area contributed by atoms with Crippen LogP contribution in [0.25, 0.3) is 17.1 Å². The summed E-state index contributed by atoms with van der Waals surface area (Å²) >= 11 is 7.51. The van der Waals surface area contributed by atoms with Crippen molar-refractivity contribution in [2.24, 2.45) is 0 Å². The molecule has 0 saturated carbocycles. The Morgan fingerprint density at radius 3 is 2.71 bits per heavy atom. The fourth-order valence-electron chi connectivity index (χ4n) is 2.41. The molecule has 2 aromatic carbocycles. The molecule has 0 aliphatic rings. The van der Waals surface area contributed by atoms with E-state index in [2.05, 4.69) is 27.4 Å². The molecule has 0 saturated heterocycles. The maximum absolute atomic E-state index is 6.00. The highest BCUT2D eigenvalue weighted by Crippen LogP contribution is 2.19. The van der Waals surface area contributed by atoms with E-state index in [9.17, 15) is 0 Å². The zero-order valence-corrected chi connectivity index (χ0v) is 14.2. The van der Waals surface area contributed by atoms with Gasteiger partial charge in [0.2, 0.25) is 4.96 Å². The van der Waals surface area contributed by atoms with Gasteiger partial charge in [0.15, 0.2) is 5.82 Å². The first kappa shape index (κ1) is 15.1. The summed E-state index contributed by atoms with van der Waals surface area (Å²) in [7, 11) is 0. The van der Waals surface area contributed by atoms with E-state index in [1.54, 1.807) is 0 Å². The van der Waals surface area contributed by atoms with Crippen LogP contribution in [0.15, 0.2) is 54.6 Å². The molecule has 0 aliphatic heterocycles. The Bertz CT molecular complexity index is 1000. The van der Waals surface area contributed by atoms with Gasteiger partial charge in [0.25, 0.3) is 0 Å². The standard InChI is InChI=1S/C18H13ClN4S/c19-15-8-4-7-14(11-15)9-10-17-22-23-16(20-21-18(23)24-17)12-13-5-2-1-3-6-13/h1-11H,12H2. The van der Waals surface area contributed by atoms with E-state index < -0.39 is 0 Å². The summed E-state index contributed by atoms with van der Waals surface area (Å²) in [5.74, 6) is 0.842. The molecule has 0 N–H and O–H groups in total.